The Morgan fingerprint density at radius 3 is 2.82 bits per heavy atom. The highest BCUT2D eigenvalue weighted by Crippen LogP contribution is 2.40. The van der Waals surface area contributed by atoms with E-state index >= 15 is 0 Å². The number of hydrogen-bond acceptors (Lipinski definition) is 4. The van der Waals surface area contributed by atoms with Crippen LogP contribution in [0.4, 0.5) is 15.8 Å². The van der Waals surface area contributed by atoms with Gasteiger partial charge in [0.25, 0.3) is 0 Å². The summed E-state index contributed by atoms with van der Waals surface area (Å²) in [6.45, 7) is 3.62. The van der Waals surface area contributed by atoms with Crippen LogP contribution in [-0.4, -0.2) is 23.2 Å². The van der Waals surface area contributed by atoms with E-state index in [2.05, 4.69) is 10.6 Å². The molecule has 144 valence electrons. The number of hydrogen-bond donors (Lipinski definition) is 2. The number of anilines is 2. The van der Waals surface area contributed by atoms with Crippen molar-refractivity contribution in [3.05, 3.63) is 53.3 Å². The summed E-state index contributed by atoms with van der Waals surface area (Å²) in [5, 5.41) is 5.37. The Bertz CT molecular complexity index is 1020. The highest BCUT2D eigenvalue weighted by Gasteiger charge is 2.36. The highest BCUT2D eigenvalue weighted by atomic mass is 19.1. The van der Waals surface area contributed by atoms with E-state index in [0.29, 0.717) is 28.3 Å². The summed E-state index contributed by atoms with van der Waals surface area (Å²) in [6, 6.07) is 8.93. The monoisotopic (exact) mass is 382 g/mol. The zero-order valence-corrected chi connectivity index (χ0v) is 15.5. The quantitative estimate of drug-likeness (QED) is 0.831. The molecule has 0 aromatic heterocycles. The van der Waals surface area contributed by atoms with Gasteiger partial charge < -0.3 is 15.4 Å². The first kappa shape index (κ1) is 18.2. The van der Waals surface area contributed by atoms with Gasteiger partial charge in [0.2, 0.25) is 11.8 Å². The maximum Gasteiger partial charge on any atom is 0.232 e. The van der Waals surface area contributed by atoms with Crippen molar-refractivity contribution < 1.29 is 23.5 Å². The van der Waals surface area contributed by atoms with Gasteiger partial charge in [0, 0.05) is 12.1 Å². The lowest BCUT2D eigenvalue weighted by Crippen LogP contribution is -2.37. The van der Waals surface area contributed by atoms with Gasteiger partial charge in [-0.25, -0.2) is 4.39 Å². The molecule has 2 aromatic rings. The van der Waals surface area contributed by atoms with Gasteiger partial charge in [-0.2, -0.15) is 0 Å². The number of fused-ring (bicyclic) bond motifs is 2. The normalized spacial score (nSPS) is 19.8. The first-order chi connectivity index (χ1) is 13.2. The van der Waals surface area contributed by atoms with E-state index in [1.165, 1.54) is 18.2 Å². The molecule has 0 spiro atoms. The SMILES string of the molecule is CC1(C)CC(=O)c2cccc(NC(=O)C3CC(=O)Nc4cc(F)ccc43)c2O1. The molecule has 0 radical (unpaired) electrons. The first-order valence-corrected chi connectivity index (χ1v) is 8.99. The molecule has 2 aliphatic rings. The number of benzene rings is 2. The Kier molecular flexibility index (Phi) is 4.18. The van der Waals surface area contributed by atoms with Gasteiger partial charge >= 0.3 is 0 Å². The molecule has 28 heavy (non-hydrogen) atoms. The second kappa shape index (κ2) is 6.44. The van der Waals surface area contributed by atoms with Crippen molar-refractivity contribution in [3.63, 3.8) is 0 Å². The molecular formula is C21H19FN2O4. The van der Waals surface area contributed by atoms with Gasteiger partial charge in [-0.3, -0.25) is 14.4 Å². The molecule has 0 saturated heterocycles. The number of amides is 2. The molecule has 2 aromatic carbocycles. The van der Waals surface area contributed by atoms with Crippen LogP contribution in [0.25, 0.3) is 0 Å². The molecule has 0 bridgehead atoms. The van der Waals surface area contributed by atoms with Crippen molar-refractivity contribution in [1.29, 1.82) is 0 Å². The van der Waals surface area contributed by atoms with Crippen LogP contribution < -0.4 is 15.4 Å². The molecular weight excluding hydrogens is 363 g/mol. The fraction of sp³-hybridized carbons (Fsp3) is 0.286. The molecule has 1 atom stereocenters. The van der Waals surface area contributed by atoms with Gasteiger partial charge in [0.15, 0.2) is 11.5 Å². The van der Waals surface area contributed by atoms with Gasteiger partial charge in [-0.15, -0.1) is 0 Å². The summed E-state index contributed by atoms with van der Waals surface area (Å²) in [5.74, 6) is -1.77. The fourth-order valence-electron chi connectivity index (χ4n) is 3.65. The zero-order chi connectivity index (χ0) is 20.1. The second-order valence-electron chi connectivity index (χ2n) is 7.67. The summed E-state index contributed by atoms with van der Waals surface area (Å²) in [5.41, 5.74) is 0.943. The van der Waals surface area contributed by atoms with Crippen LogP contribution in [0.3, 0.4) is 0 Å². The summed E-state index contributed by atoms with van der Waals surface area (Å²) >= 11 is 0. The van der Waals surface area contributed by atoms with Crippen molar-refractivity contribution in [3.8, 4) is 5.75 Å². The number of carbonyl (C=O) groups is 3. The number of carbonyl (C=O) groups excluding carboxylic acids is 3. The molecule has 2 heterocycles. The van der Waals surface area contributed by atoms with Crippen molar-refractivity contribution in [2.75, 3.05) is 10.6 Å². The largest absolute Gasteiger partial charge is 0.484 e. The van der Waals surface area contributed by atoms with E-state index in [4.69, 9.17) is 4.74 Å². The maximum absolute atomic E-state index is 13.5. The predicted molar refractivity (Wildman–Crippen MR) is 101 cm³/mol. The highest BCUT2D eigenvalue weighted by molar-refractivity contribution is 6.07. The van der Waals surface area contributed by atoms with Crippen molar-refractivity contribution in [1.82, 2.24) is 0 Å². The minimum Gasteiger partial charge on any atom is -0.484 e. The molecule has 2 aliphatic heterocycles. The summed E-state index contributed by atoms with van der Waals surface area (Å²) in [4.78, 5) is 37.3. The van der Waals surface area contributed by atoms with E-state index in [0.717, 1.165) is 0 Å². The number of ether oxygens (including phenoxy) is 1. The lowest BCUT2D eigenvalue weighted by atomic mass is 9.89. The average molecular weight is 382 g/mol. The molecule has 0 aliphatic carbocycles. The molecule has 2 amide bonds. The molecule has 2 N–H and O–H groups in total. The van der Waals surface area contributed by atoms with Gasteiger partial charge in [0.05, 0.1) is 23.6 Å². The van der Waals surface area contributed by atoms with Crippen molar-refractivity contribution in [2.24, 2.45) is 0 Å². The third-order valence-electron chi connectivity index (χ3n) is 4.91. The second-order valence-corrected chi connectivity index (χ2v) is 7.67. The molecule has 1 unspecified atom stereocenters. The van der Waals surface area contributed by atoms with E-state index in [-0.39, 0.29) is 24.5 Å². The maximum atomic E-state index is 13.5. The number of Topliss-reactive ketones (excluding diaryl/α,β-unsaturated/α-hetero) is 1. The zero-order valence-electron chi connectivity index (χ0n) is 15.5. The van der Waals surface area contributed by atoms with Crippen LogP contribution in [0.5, 0.6) is 5.75 Å². The molecule has 7 heteroatoms. The van der Waals surface area contributed by atoms with Crippen LogP contribution >= 0.6 is 0 Å². The van der Waals surface area contributed by atoms with Crippen LogP contribution in [-0.2, 0) is 9.59 Å². The number of rotatable bonds is 2. The Hall–Kier alpha value is -3.22. The standard InChI is InChI=1S/C21H19FN2O4/c1-21(2)10-17(25)13-4-3-5-15(19(13)28-21)24-20(27)14-9-18(26)23-16-8-11(22)6-7-12(14)16/h3-8,14H,9-10H2,1-2H3,(H,23,26)(H,24,27). The topological polar surface area (TPSA) is 84.5 Å². The van der Waals surface area contributed by atoms with E-state index in [9.17, 15) is 18.8 Å². The van der Waals surface area contributed by atoms with Gasteiger partial charge in [-0.1, -0.05) is 12.1 Å². The predicted octanol–water partition coefficient (Wildman–Crippen LogP) is 3.63. The van der Waals surface area contributed by atoms with Crippen LogP contribution in [0, 0.1) is 5.82 Å². The number of ketones is 1. The van der Waals surface area contributed by atoms with Gasteiger partial charge in [0.1, 0.15) is 11.4 Å². The molecule has 0 fully saturated rings. The minimum atomic E-state index is -0.771. The Morgan fingerprint density at radius 2 is 2.04 bits per heavy atom. The summed E-state index contributed by atoms with van der Waals surface area (Å²) in [7, 11) is 0. The third-order valence-corrected chi connectivity index (χ3v) is 4.91. The van der Waals surface area contributed by atoms with E-state index in [1.807, 2.05) is 13.8 Å². The smallest absolute Gasteiger partial charge is 0.232 e. The molecule has 4 rings (SSSR count). The summed E-state index contributed by atoms with van der Waals surface area (Å²) < 4.78 is 19.4. The Labute approximate surface area is 161 Å². The van der Waals surface area contributed by atoms with Gasteiger partial charge in [-0.05, 0) is 43.7 Å². The van der Waals surface area contributed by atoms with Crippen molar-refractivity contribution in [2.45, 2.75) is 38.2 Å². The van der Waals surface area contributed by atoms with E-state index in [1.54, 1.807) is 18.2 Å². The third kappa shape index (κ3) is 3.24. The first-order valence-electron chi connectivity index (χ1n) is 8.99. The minimum absolute atomic E-state index is 0.0508. The van der Waals surface area contributed by atoms with Crippen LogP contribution in [0.15, 0.2) is 36.4 Å². The molecule has 6 nitrogen and oxygen atoms in total. The summed E-state index contributed by atoms with van der Waals surface area (Å²) in [6.07, 6.45) is 0.198. The van der Waals surface area contributed by atoms with Crippen LogP contribution in [0.1, 0.15) is 48.5 Å². The molecule has 0 saturated carbocycles. The Morgan fingerprint density at radius 1 is 1.25 bits per heavy atom. The number of nitrogens with one attached hydrogen (secondary N) is 2. The van der Waals surface area contributed by atoms with E-state index < -0.39 is 23.2 Å². The lowest BCUT2D eigenvalue weighted by molar-refractivity contribution is -0.123. The van der Waals surface area contributed by atoms with Crippen molar-refractivity contribution >= 4 is 29.0 Å². The van der Waals surface area contributed by atoms with Crippen LogP contribution in [0.2, 0.25) is 0 Å². The lowest BCUT2D eigenvalue weighted by Gasteiger charge is -2.33. The average Bonchev–Trinajstić information content (AvgIpc) is 2.60. The Balaban J connectivity index is 1.67. The fourth-order valence-corrected chi connectivity index (χ4v) is 3.65. The number of halogens is 1. The number of para-hydroxylation sites is 1.